The summed E-state index contributed by atoms with van der Waals surface area (Å²) in [6.07, 6.45) is 1.82. The van der Waals surface area contributed by atoms with Crippen molar-refractivity contribution in [1.29, 1.82) is 0 Å². The minimum atomic E-state index is 0.749. The van der Waals surface area contributed by atoms with Gasteiger partial charge in [-0.2, -0.15) is 0 Å². The number of hydrogen-bond donors (Lipinski definition) is 0. The molecule has 3 aromatic heterocycles. The zero-order chi connectivity index (χ0) is 17.9. The maximum atomic E-state index is 5.94. The molecule has 0 bridgehead atoms. The molecule has 0 fully saturated rings. The standard InChI is InChI=1S/C19H14ClN3S3/c1-12-17(26-18(22-12)16-3-2-10-24-16)15-8-9-21-19(23-15)25-11-13-4-6-14(20)7-5-13/h2-10H,11H2,1H3. The quantitative estimate of drug-likeness (QED) is 0.272. The average Bonchev–Trinajstić information content (AvgIpc) is 3.31. The zero-order valence-corrected chi connectivity index (χ0v) is 17.1. The second-order valence-electron chi connectivity index (χ2n) is 5.55. The molecule has 0 aliphatic carbocycles. The molecule has 0 spiro atoms. The second-order valence-corrected chi connectivity index (χ2v) is 8.88. The summed E-state index contributed by atoms with van der Waals surface area (Å²) < 4.78 is 0. The Labute approximate surface area is 169 Å². The minimum absolute atomic E-state index is 0.749. The van der Waals surface area contributed by atoms with Crippen LogP contribution in [-0.2, 0) is 5.75 Å². The number of hydrogen-bond acceptors (Lipinski definition) is 6. The maximum Gasteiger partial charge on any atom is 0.188 e. The van der Waals surface area contributed by atoms with Crippen LogP contribution in [0.3, 0.4) is 0 Å². The Kier molecular flexibility index (Phi) is 5.36. The lowest BCUT2D eigenvalue weighted by Crippen LogP contribution is -1.90. The highest BCUT2D eigenvalue weighted by molar-refractivity contribution is 7.98. The van der Waals surface area contributed by atoms with E-state index in [2.05, 4.69) is 16.4 Å². The number of thioether (sulfide) groups is 1. The molecule has 3 heterocycles. The van der Waals surface area contributed by atoms with E-state index in [1.54, 1.807) is 34.4 Å². The number of benzene rings is 1. The normalized spacial score (nSPS) is 11.0. The molecule has 3 nitrogen and oxygen atoms in total. The summed E-state index contributed by atoms with van der Waals surface area (Å²) in [6, 6.07) is 14.0. The summed E-state index contributed by atoms with van der Waals surface area (Å²) in [5, 5.41) is 4.63. The van der Waals surface area contributed by atoms with Gasteiger partial charge in [-0.05, 0) is 42.1 Å². The fourth-order valence-electron chi connectivity index (χ4n) is 2.41. The topological polar surface area (TPSA) is 38.7 Å². The van der Waals surface area contributed by atoms with Crippen molar-refractivity contribution in [3.8, 4) is 20.5 Å². The third-order valence-corrected chi connectivity index (χ3v) is 7.08. The molecule has 0 saturated carbocycles. The molecule has 0 saturated heterocycles. The highest BCUT2D eigenvalue weighted by Gasteiger charge is 2.14. The van der Waals surface area contributed by atoms with Crippen LogP contribution >= 0.6 is 46.0 Å². The number of aryl methyl sites for hydroxylation is 1. The van der Waals surface area contributed by atoms with E-state index in [-0.39, 0.29) is 0 Å². The monoisotopic (exact) mass is 415 g/mol. The lowest BCUT2D eigenvalue weighted by Gasteiger charge is -2.03. The third kappa shape index (κ3) is 3.99. The summed E-state index contributed by atoms with van der Waals surface area (Å²) >= 11 is 10.9. The van der Waals surface area contributed by atoms with Crippen molar-refractivity contribution in [2.45, 2.75) is 17.8 Å². The lowest BCUT2D eigenvalue weighted by atomic mass is 10.2. The minimum Gasteiger partial charge on any atom is -0.240 e. The first kappa shape index (κ1) is 17.7. The summed E-state index contributed by atoms with van der Waals surface area (Å²) in [5.41, 5.74) is 3.13. The Balaban J connectivity index is 1.55. The van der Waals surface area contributed by atoms with Crippen LogP contribution in [0.1, 0.15) is 11.3 Å². The second kappa shape index (κ2) is 7.88. The largest absolute Gasteiger partial charge is 0.240 e. The number of rotatable bonds is 5. The van der Waals surface area contributed by atoms with Crippen molar-refractivity contribution in [2.75, 3.05) is 0 Å². The summed E-state index contributed by atoms with van der Waals surface area (Å²) in [4.78, 5) is 16.1. The molecule has 4 rings (SSSR count). The van der Waals surface area contributed by atoms with Crippen molar-refractivity contribution in [3.05, 3.63) is 70.3 Å². The van der Waals surface area contributed by atoms with Crippen LogP contribution in [0.5, 0.6) is 0 Å². The van der Waals surface area contributed by atoms with Crippen molar-refractivity contribution in [1.82, 2.24) is 15.0 Å². The molecule has 0 unspecified atom stereocenters. The first-order chi connectivity index (χ1) is 12.7. The molecular weight excluding hydrogens is 402 g/mol. The first-order valence-corrected chi connectivity index (χ1v) is 11.0. The number of thiophene rings is 1. The molecule has 0 aliphatic rings. The van der Waals surface area contributed by atoms with E-state index in [0.29, 0.717) is 0 Å². The van der Waals surface area contributed by atoms with Crippen LogP contribution in [0.25, 0.3) is 20.5 Å². The van der Waals surface area contributed by atoms with Gasteiger partial charge in [0.2, 0.25) is 0 Å². The van der Waals surface area contributed by atoms with E-state index in [0.717, 1.165) is 37.2 Å². The van der Waals surface area contributed by atoms with Crippen LogP contribution in [0, 0.1) is 6.92 Å². The molecule has 0 radical (unpaired) electrons. The molecule has 4 aromatic rings. The number of thiazole rings is 1. The van der Waals surface area contributed by atoms with Gasteiger partial charge in [-0.3, -0.25) is 0 Å². The van der Waals surface area contributed by atoms with Gasteiger partial charge in [0.25, 0.3) is 0 Å². The Morgan fingerprint density at radius 1 is 1.08 bits per heavy atom. The molecule has 0 N–H and O–H groups in total. The highest BCUT2D eigenvalue weighted by atomic mass is 35.5. The van der Waals surface area contributed by atoms with E-state index >= 15 is 0 Å². The average molecular weight is 416 g/mol. The van der Waals surface area contributed by atoms with Crippen LogP contribution in [-0.4, -0.2) is 15.0 Å². The SMILES string of the molecule is Cc1nc(-c2cccs2)sc1-c1ccnc(SCc2ccc(Cl)cc2)n1. The third-order valence-electron chi connectivity index (χ3n) is 3.68. The van der Waals surface area contributed by atoms with E-state index in [4.69, 9.17) is 21.6 Å². The summed E-state index contributed by atoms with van der Waals surface area (Å²) in [7, 11) is 0. The molecule has 0 amide bonds. The Morgan fingerprint density at radius 3 is 2.69 bits per heavy atom. The van der Waals surface area contributed by atoms with Gasteiger partial charge in [0.1, 0.15) is 5.01 Å². The highest BCUT2D eigenvalue weighted by Crippen LogP contribution is 2.36. The van der Waals surface area contributed by atoms with Crippen LogP contribution in [0.2, 0.25) is 5.02 Å². The maximum absolute atomic E-state index is 5.94. The van der Waals surface area contributed by atoms with Crippen LogP contribution in [0.15, 0.2) is 59.2 Å². The van der Waals surface area contributed by atoms with E-state index in [1.165, 1.54) is 10.4 Å². The number of aromatic nitrogens is 3. The van der Waals surface area contributed by atoms with Gasteiger partial charge in [-0.1, -0.05) is 41.6 Å². The fraction of sp³-hybridized carbons (Fsp3) is 0.105. The van der Waals surface area contributed by atoms with Gasteiger partial charge in [-0.25, -0.2) is 15.0 Å². The predicted molar refractivity (Wildman–Crippen MR) is 112 cm³/mol. The molecule has 7 heteroatoms. The Hall–Kier alpha value is -1.73. The van der Waals surface area contributed by atoms with Crippen molar-refractivity contribution < 1.29 is 0 Å². The number of nitrogens with zero attached hydrogens (tertiary/aromatic N) is 3. The number of halogens is 1. The Morgan fingerprint density at radius 2 is 1.92 bits per heavy atom. The van der Waals surface area contributed by atoms with Gasteiger partial charge in [0.05, 0.1) is 21.1 Å². The van der Waals surface area contributed by atoms with E-state index in [1.807, 2.05) is 49.5 Å². The first-order valence-electron chi connectivity index (χ1n) is 7.91. The van der Waals surface area contributed by atoms with Gasteiger partial charge < -0.3 is 0 Å². The van der Waals surface area contributed by atoms with Crippen molar-refractivity contribution >= 4 is 46.0 Å². The molecule has 0 aliphatic heterocycles. The summed E-state index contributed by atoms with van der Waals surface area (Å²) in [6.45, 7) is 2.03. The Bertz CT molecular complexity index is 1010. The van der Waals surface area contributed by atoms with Crippen LogP contribution in [0.4, 0.5) is 0 Å². The summed E-state index contributed by atoms with van der Waals surface area (Å²) in [5.74, 6) is 0.808. The molecular formula is C19H14ClN3S3. The van der Waals surface area contributed by atoms with Crippen molar-refractivity contribution in [2.24, 2.45) is 0 Å². The predicted octanol–water partition coefficient (Wildman–Crippen LogP) is 6.58. The lowest BCUT2D eigenvalue weighted by molar-refractivity contribution is 0.972. The van der Waals surface area contributed by atoms with Gasteiger partial charge in [-0.15, -0.1) is 22.7 Å². The molecule has 26 heavy (non-hydrogen) atoms. The zero-order valence-electron chi connectivity index (χ0n) is 13.8. The van der Waals surface area contributed by atoms with E-state index in [9.17, 15) is 0 Å². The van der Waals surface area contributed by atoms with Gasteiger partial charge in [0.15, 0.2) is 5.16 Å². The smallest absolute Gasteiger partial charge is 0.188 e. The molecule has 130 valence electrons. The van der Waals surface area contributed by atoms with E-state index < -0.39 is 0 Å². The molecule has 1 aromatic carbocycles. The van der Waals surface area contributed by atoms with Gasteiger partial charge in [0, 0.05) is 17.0 Å². The van der Waals surface area contributed by atoms with Crippen molar-refractivity contribution in [3.63, 3.8) is 0 Å². The van der Waals surface area contributed by atoms with Crippen LogP contribution < -0.4 is 0 Å². The molecule has 0 atom stereocenters. The fourth-order valence-corrected chi connectivity index (χ4v) is 5.15. The van der Waals surface area contributed by atoms with Gasteiger partial charge >= 0.3 is 0 Å².